The number of anilines is 1. The first-order valence-electron chi connectivity index (χ1n) is 10.1. The second-order valence-electron chi connectivity index (χ2n) is 7.50. The summed E-state index contributed by atoms with van der Waals surface area (Å²) in [4.78, 5) is 8.95. The number of aromatic nitrogens is 7. The molecule has 0 amide bonds. The van der Waals surface area contributed by atoms with E-state index in [1.165, 1.54) is 6.20 Å². The van der Waals surface area contributed by atoms with Gasteiger partial charge in [0.1, 0.15) is 11.8 Å². The van der Waals surface area contributed by atoms with Crippen molar-refractivity contribution in [2.45, 2.75) is 39.2 Å². The maximum absolute atomic E-state index is 9.08. The smallest absolute Gasteiger partial charge is 0.164 e. The van der Waals surface area contributed by atoms with E-state index in [0.29, 0.717) is 17.0 Å². The molecule has 0 saturated carbocycles. The fourth-order valence-electron chi connectivity index (χ4n) is 3.26. The van der Waals surface area contributed by atoms with E-state index in [4.69, 9.17) is 10.4 Å². The van der Waals surface area contributed by atoms with Gasteiger partial charge in [0, 0.05) is 30.3 Å². The van der Waals surface area contributed by atoms with Crippen LogP contribution in [0.4, 0.5) is 5.69 Å². The Morgan fingerprint density at radius 3 is 2.81 bits per heavy atom. The van der Waals surface area contributed by atoms with E-state index in [9.17, 15) is 0 Å². The number of nitrogens with one attached hydrogen (secondary N) is 1. The summed E-state index contributed by atoms with van der Waals surface area (Å²) in [7, 11) is 0. The molecule has 4 aromatic rings. The fraction of sp³-hybridized carbons (Fsp3) is 0.333. The fourth-order valence-corrected chi connectivity index (χ4v) is 3.26. The molecule has 0 unspecified atom stereocenters. The molecule has 0 spiro atoms. The number of aliphatic hydroxyl groups excluding tert-OH is 1. The molecule has 4 rings (SSSR count). The molecule has 10 nitrogen and oxygen atoms in total. The molecule has 0 atom stereocenters. The highest BCUT2D eigenvalue weighted by Gasteiger charge is 2.14. The van der Waals surface area contributed by atoms with Gasteiger partial charge in [-0.3, -0.25) is 0 Å². The first-order chi connectivity index (χ1) is 15.1. The van der Waals surface area contributed by atoms with E-state index >= 15 is 0 Å². The van der Waals surface area contributed by atoms with Gasteiger partial charge < -0.3 is 10.4 Å². The molecule has 4 heterocycles. The van der Waals surface area contributed by atoms with Crippen LogP contribution in [0.25, 0.3) is 22.5 Å². The molecule has 10 heteroatoms. The van der Waals surface area contributed by atoms with Gasteiger partial charge in [-0.25, -0.2) is 14.6 Å². The molecular formula is C21H23N9O. The summed E-state index contributed by atoms with van der Waals surface area (Å²) < 4.78 is 3.35. The van der Waals surface area contributed by atoms with Gasteiger partial charge in [-0.1, -0.05) is 5.21 Å². The molecule has 0 bridgehead atoms. The molecule has 4 aromatic heterocycles. The van der Waals surface area contributed by atoms with Gasteiger partial charge in [-0.2, -0.15) is 15.0 Å². The van der Waals surface area contributed by atoms with E-state index in [-0.39, 0.29) is 12.6 Å². The number of aliphatic hydroxyl groups is 1. The quantitative estimate of drug-likeness (QED) is 0.418. The molecule has 0 aliphatic heterocycles. The Labute approximate surface area is 179 Å². The number of pyridine rings is 2. The van der Waals surface area contributed by atoms with E-state index in [0.717, 1.165) is 41.7 Å². The minimum absolute atomic E-state index is 0.177. The summed E-state index contributed by atoms with van der Waals surface area (Å²) in [6.07, 6.45) is 9.16. The van der Waals surface area contributed by atoms with Gasteiger partial charge in [0.2, 0.25) is 0 Å². The third-order valence-corrected chi connectivity index (χ3v) is 4.70. The Kier molecular flexibility index (Phi) is 5.86. The number of nitriles is 1. The zero-order valence-corrected chi connectivity index (χ0v) is 17.4. The summed E-state index contributed by atoms with van der Waals surface area (Å²) in [6.45, 7) is 4.29. The molecule has 0 aliphatic rings. The summed E-state index contributed by atoms with van der Waals surface area (Å²) in [5.41, 5.74) is 3.59. The van der Waals surface area contributed by atoms with Crippen LogP contribution in [0.2, 0.25) is 0 Å². The zero-order chi connectivity index (χ0) is 21.8. The van der Waals surface area contributed by atoms with Crippen molar-refractivity contribution in [3.8, 4) is 17.6 Å². The molecule has 0 radical (unpaired) electrons. The van der Waals surface area contributed by atoms with E-state index < -0.39 is 0 Å². The second-order valence-corrected chi connectivity index (χ2v) is 7.50. The molecule has 158 valence electrons. The predicted octanol–water partition coefficient (Wildman–Crippen LogP) is 2.40. The number of fused-ring (bicyclic) bond motifs is 1. The molecular weight excluding hydrogens is 394 g/mol. The summed E-state index contributed by atoms with van der Waals surface area (Å²) in [5.74, 6) is 0.599. The Morgan fingerprint density at radius 1 is 1.16 bits per heavy atom. The average Bonchev–Trinajstić information content (AvgIpc) is 3.40. The highest BCUT2D eigenvalue weighted by atomic mass is 16.2. The molecule has 0 aliphatic carbocycles. The van der Waals surface area contributed by atoms with Crippen molar-refractivity contribution < 1.29 is 5.11 Å². The van der Waals surface area contributed by atoms with Crippen LogP contribution in [0.3, 0.4) is 0 Å². The van der Waals surface area contributed by atoms with Crippen molar-refractivity contribution in [3.63, 3.8) is 0 Å². The number of aryl methyl sites for hydroxylation is 1. The highest BCUT2D eigenvalue weighted by molar-refractivity contribution is 5.77. The lowest BCUT2D eigenvalue weighted by Crippen LogP contribution is -2.14. The maximum Gasteiger partial charge on any atom is 0.164 e. The number of nitrogens with zero attached hydrogens (tertiary/aromatic N) is 8. The van der Waals surface area contributed by atoms with Gasteiger partial charge in [-0.05, 0) is 39.2 Å². The zero-order valence-electron chi connectivity index (χ0n) is 17.4. The molecule has 0 fully saturated rings. The molecule has 2 N–H and O–H groups in total. The Morgan fingerprint density at radius 2 is 2.03 bits per heavy atom. The van der Waals surface area contributed by atoms with Crippen LogP contribution in [0.5, 0.6) is 0 Å². The van der Waals surface area contributed by atoms with Crippen molar-refractivity contribution in [2.24, 2.45) is 0 Å². The molecule has 0 saturated heterocycles. The van der Waals surface area contributed by atoms with E-state index in [1.54, 1.807) is 27.8 Å². The minimum Gasteiger partial charge on any atom is -0.396 e. The normalized spacial score (nSPS) is 11.2. The lowest BCUT2D eigenvalue weighted by molar-refractivity contribution is 0.284. The van der Waals surface area contributed by atoms with E-state index in [2.05, 4.69) is 50.6 Å². The third-order valence-electron chi connectivity index (χ3n) is 4.70. The number of rotatable bonds is 8. The van der Waals surface area contributed by atoms with E-state index in [1.807, 2.05) is 12.3 Å². The first kappa shape index (κ1) is 20.4. The van der Waals surface area contributed by atoms with Crippen LogP contribution < -0.4 is 5.32 Å². The largest absolute Gasteiger partial charge is 0.396 e. The van der Waals surface area contributed by atoms with Gasteiger partial charge in [0.25, 0.3) is 0 Å². The molecule has 31 heavy (non-hydrogen) atoms. The van der Waals surface area contributed by atoms with Crippen LogP contribution in [-0.2, 0) is 6.42 Å². The summed E-state index contributed by atoms with van der Waals surface area (Å²) >= 11 is 0. The maximum atomic E-state index is 9.08. The summed E-state index contributed by atoms with van der Waals surface area (Å²) in [5, 5.41) is 35.1. The van der Waals surface area contributed by atoms with Crippen LogP contribution in [-0.4, -0.2) is 52.5 Å². The predicted molar refractivity (Wildman–Crippen MR) is 115 cm³/mol. The van der Waals surface area contributed by atoms with Crippen LogP contribution in [0, 0.1) is 11.3 Å². The second kappa shape index (κ2) is 8.89. The Balaban J connectivity index is 1.70. The topological polar surface area (TPSA) is 130 Å². The standard InChI is InChI=1S/C21H23N9O/c1-14(2)26-18-8-20(30-21-16(11-25-30)7-15(9-22)10-24-21)23-12-19(18)29-13-17(27-28-29)5-3-4-6-31/h7-8,10-14,31H,3-6H2,1-2H3,(H,23,26). The Bertz CT molecular complexity index is 1240. The average molecular weight is 417 g/mol. The van der Waals surface area contributed by atoms with Gasteiger partial charge in [-0.15, -0.1) is 5.10 Å². The van der Waals surface area contributed by atoms with Crippen molar-refractivity contribution >= 4 is 16.7 Å². The minimum atomic E-state index is 0.177. The van der Waals surface area contributed by atoms with Gasteiger partial charge in [0.15, 0.2) is 11.5 Å². The van der Waals surface area contributed by atoms with Crippen molar-refractivity contribution in [1.82, 2.24) is 34.7 Å². The van der Waals surface area contributed by atoms with Crippen LogP contribution in [0.15, 0.2) is 36.9 Å². The number of hydrogen-bond acceptors (Lipinski definition) is 8. The van der Waals surface area contributed by atoms with Crippen LogP contribution >= 0.6 is 0 Å². The third kappa shape index (κ3) is 4.36. The highest BCUT2D eigenvalue weighted by Crippen LogP contribution is 2.24. The van der Waals surface area contributed by atoms with Crippen molar-refractivity contribution in [3.05, 3.63) is 48.2 Å². The molecule has 0 aromatic carbocycles. The van der Waals surface area contributed by atoms with Crippen molar-refractivity contribution in [1.29, 1.82) is 5.26 Å². The van der Waals surface area contributed by atoms with Crippen molar-refractivity contribution in [2.75, 3.05) is 11.9 Å². The summed E-state index contributed by atoms with van der Waals surface area (Å²) in [6, 6.07) is 5.93. The van der Waals surface area contributed by atoms with Gasteiger partial charge in [0.05, 0.1) is 35.5 Å². The number of hydrogen-bond donors (Lipinski definition) is 2. The number of unbranched alkanes of at least 4 members (excludes halogenated alkanes) is 1. The Hall–Kier alpha value is -3.84. The lowest BCUT2D eigenvalue weighted by Gasteiger charge is -2.15. The SMILES string of the molecule is CC(C)Nc1cc(-n2ncc3cc(C#N)cnc32)ncc1-n1cc(CCCCO)nn1. The van der Waals surface area contributed by atoms with Gasteiger partial charge >= 0.3 is 0 Å². The monoisotopic (exact) mass is 417 g/mol. The first-order valence-corrected chi connectivity index (χ1v) is 10.1. The lowest BCUT2D eigenvalue weighted by atomic mass is 10.2. The van der Waals surface area contributed by atoms with Crippen LogP contribution in [0.1, 0.15) is 37.9 Å².